The first-order valence-corrected chi connectivity index (χ1v) is 24.8. The van der Waals surface area contributed by atoms with Crippen LogP contribution in [0, 0.1) is 0 Å². The summed E-state index contributed by atoms with van der Waals surface area (Å²) in [5, 5.41) is 2.33. The quantitative estimate of drug-likeness (QED) is 0.167. The van der Waals surface area contributed by atoms with Crippen LogP contribution in [0.2, 0.25) is 0 Å². The Morgan fingerprint density at radius 1 is 0.408 bits per heavy atom. The molecule has 11 aromatic rings. The predicted octanol–water partition coefficient (Wildman–Crippen LogP) is 16.4. The lowest BCUT2D eigenvalue weighted by molar-refractivity contribution is 0.563. The molecule has 2 heterocycles. The molecule has 0 fully saturated rings. The summed E-state index contributed by atoms with van der Waals surface area (Å²) in [6, 6.07) is 77.7. The lowest BCUT2D eigenvalue weighted by Gasteiger charge is -2.46. The summed E-state index contributed by atoms with van der Waals surface area (Å²) in [4.78, 5) is 15.8. The van der Waals surface area contributed by atoms with Gasteiger partial charge in [0.1, 0.15) is 0 Å². The molecule has 3 aliphatic carbocycles. The molecular formula is C67H48N4. The van der Waals surface area contributed by atoms with Crippen LogP contribution in [0.1, 0.15) is 65.6 Å². The normalized spacial score (nSPS) is 14.8. The van der Waals surface area contributed by atoms with E-state index in [0.717, 1.165) is 57.2 Å². The van der Waals surface area contributed by atoms with Crippen LogP contribution in [0.4, 0.5) is 0 Å². The van der Waals surface area contributed by atoms with Crippen molar-refractivity contribution >= 4 is 27.4 Å². The first-order valence-electron chi connectivity index (χ1n) is 24.8. The Labute approximate surface area is 414 Å². The molecule has 336 valence electrons. The minimum Gasteiger partial charge on any atom is -0.309 e. The summed E-state index contributed by atoms with van der Waals surface area (Å²) >= 11 is 0. The molecule has 1 spiro atoms. The van der Waals surface area contributed by atoms with Gasteiger partial charge in [-0.25, -0.2) is 15.0 Å². The number of fused-ring (bicyclic) bond motifs is 12. The molecule has 0 bridgehead atoms. The molecule has 71 heavy (non-hydrogen) atoms. The second-order valence-electron chi connectivity index (χ2n) is 19.8. The van der Waals surface area contributed by atoms with Crippen molar-refractivity contribution in [2.75, 3.05) is 0 Å². The molecule has 2 aromatic heterocycles. The van der Waals surface area contributed by atoms with Gasteiger partial charge in [0, 0.05) is 38.6 Å². The predicted molar refractivity (Wildman–Crippen MR) is 292 cm³/mol. The Kier molecular flexibility index (Phi) is 9.25. The number of benzene rings is 9. The van der Waals surface area contributed by atoms with Crippen molar-refractivity contribution in [2.45, 2.75) is 37.5 Å². The van der Waals surface area contributed by atoms with Crippen LogP contribution in [0.25, 0.3) is 89.5 Å². The maximum absolute atomic E-state index is 5.30. The van der Waals surface area contributed by atoms with Gasteiger partial charge >= 0.3 is 0 Å². The average Bonchev–Trinajstić information content (AvgIpc) is 3.94. The molecule has 9 aromatic carbocycles. The van der Waals surface area contributed by atoms with Crippen molar-refractivity contribution in [2.24, 2.45) is 0 Å². The number of nitrogens with zero attached hydrogens (tertiary/aromatic N) is 4. The zero-order valence-corrected chi connectivity index (χ0v) is 39.6. The fourth-order valence-electron chi connectivity index (χ4n) is 12.4. The Morgan fingerprint density at radius 2 is 0.930 bits per heavy atom. The zero-order valence-electron chi connectivity index (χ0n) is 39.6. The number of hydrogen-bond donors (Lipinski definition) is 0. The number of hydrogen-bond acceptors (Lipinski definition) is 3. The number of para-hydroxylation sites is 2. The monoisotopic (exact) mass is 908 g/mol. The Morgan fingerprint density at radius 3 is 1.61 bits per heavy atom. The molecular weight excluding hydrogens is 861 g/mol. The van der Waals surface area contributed by atoms with Gasteiger partial charge in [-0.15, -0.1) is 0 Å². The zero-order chi connectivity index (χ0) is 47.3. The Balaban J connectivity index is 0.912. The molecule has 4 nitrogen and oxygen atoms in total. The Hall–Kier alpha value is -8.73. The van der Waals surface area contributed by atoms with Gasteiger partial charge in [0.15, 0.2) is 17.5 Å². The van der Waals surface area contributed by atoms with Crippen molar-refractivity contribution in [3.8, 4) is 62.1 Å². The van der Waals surface area contributed by atoms with Crippen molar-refractivity contribution < 1.29 is 0 Å². The standard InChI is InChI=1S/C67H48N4/c1-66(2)55-26-12-14-28-57(55)67(58-29-15-13-27-56(58)66)54-25-11-9-23-52(54)62-50(24-17-30-59(62)67)45-34-38-47(39-35-45)64-68-63(46-36-32-44(33-37-46)43-18-5-3-6-19-43)69-65(70-64)48-40-41-61-53(42-48)51-22-10-16-31-60(51)71(61)49-20-7-4-8-21-49/h3-5,7-18,20-42H,6,19H2,1-2H3. The van der Waals surface area contributed by atoms with Crippen LogP contribution < -0.4 is 0 Å². The summed E-state index contributed by atoms with van der Waals surface area (Å²) in [5.74, 6) is 1.91. The largest absolute Gasteiger partial charge is 0.309 e. The van der Waals surface area contributed by atoms with Crippen LogP contribution in [0.3, 0.4) is 0 Å². The molecule has 4 heteroatoms. The van der Waals surface area contributed by atoms with Gasteiger partial charge in [-0.1, -0.05) is 208 Å². The maximum Gasteiger partial charge on any atom is 0.164 e. The third-order valence-corrected chi connectivity index (χ3v) is 15.6. The molecule has 3 aliphatic rings. The summed E-state index contributed by atoms with van der Waals surface area (Å²) < 4.78 is 2.34. The van der Waals surface area contributed by atoms with E-state index < -0.39 is 5.41 Å². The fraction of sp³-hybridized carbons (Fsp3) is 0.0896. The average molecular weight is 909 g/mol. The van der Waals surface area contributed by atoms with Crippen molar-refractivity contribution in [3.63, 3.8) is 0 Å². The molecule has 0 unspecified atom stereocenters. The first kappa shape index (κ1) is 41.3. The van der Waals surface area contributed by atoms with Crippen LogP contribution in [-0.2, 0) is 10.8 Å². The third kappa shape index (κ3) is 6.20. The molecule has 14 rings (SSSR count). The van der Waals surface area contributed by atoms with E-state index in [9.17, 15) is 0 Å². The molecule has 0 aliphatic heterocycles. The van der Waals surface area contributed by atoms with E-state index in [0.29, 0.717) is 17.5 Å². The van der Waals surface area contributed by atoms with Gasteiger partial charge in [0.25, 0.3) is 0 Å². The highest BCUT2D eigenvalue weighted by Crippen LogP contribution is 2.63. The summed E-state index contributed by atoms with van der Waals surface area (Å²) in [6.07, 6.45) is 8.71. The molecule has 0 saturated heterocycles. The topological polar surface area (TPSA) is 43.6 Å². The second kappa shape index (κ2) is 15.9. The van der Waals surface area contributed by atoms with E-state index in [-0.39, 0.29) is 5.41 Å². The summed E-state index contributed by atoms with van der Waals surface area (Å²) in [5.41, 5.74) is 21.3. The number of allylic oxidation sites excluding steroid dienone is 4. The number of aromatic nitrogens is 4. The van der Waals surface area contributed by atoms with Crippen molar-refractivity contribution in [1.29, 1.82) is 0 Å². The Bertz CT molecular complexity index is 3950. The van der Waals surface area contributed by atoms with Gasteiger partial charge in [-0.05, 0) is 116 Å². The minimum absolute atomic E-state index is 0.151. The van der Waals surface area contributed by atoms with Gasteiger partial charge in [-0.3, -0.25) is 0 Å². The third-order valence-electron chi connectivity index (χ3n) is 15.6. The van der Waals surface area contributed by atoms with E-state index in [1.165, 1.54) is 66.6 Å². The van der Waals surface area contributed by atoms with E-state index in [1.807, 2.05) is 0 Å². The molecule has 0 radical (unpaired) electrons. The van der Waals surface area contributed by atoms with E-state index in [1.54, 1.807) is 0 Å². The minimum atomic E-state index is -0.454. The number of rotatable bonds is 6. The van der Waals surface area contributed by atoms with Gasteiger partial charge in [-0.2, -0.15) is 0 Å². The van der Waals surface area contributed by atoms with Gasteiger partial charge in [0.05, 0.1) is 16.4 Å². The highest BCUT2D eigenvalue weighted by atomic mass is 15.0. The van der Waals surface area contributed by atoms with Gasteiger partial charge in [0.2, 0.25) is 0 Å². The van der Waals surface area contributed by atoms with Crippen LogP contribution in [-0.4, -0.2) is 19.5 Å². The maximum atomic E-state index is 5.30. The lowest BCUT2D eigenvalue weighted by Crippen LogP contribution is -2.40. The first-order chi connectivity index (χ1) is 35.0. The van der Waals surface area contributed by atoms with Crippen LogP contribution >= 0.6 is 0 Å². The molecule has 0 amide bonds. The second-order valence-corrected chi connectivity index (χ2v) is 19.8. The van der Waals surface area contributed by atoms with E-state index in [2.05, 4.69) is 249 Å². The van der Waals surface area contributed by atoms with Crippen molar-refractivity contribution in [3.05, 3.63) is 269 Å². The highest BCUT2D eigenvalue weighted by Gasteiger charge is 2.53. The van der Waals surface area contributed by atoms with E-state index in [4.69, 9.17) is 15.0 Å². The fourth-order valence-corrected chi connectivity index (χ4v) is 12.4. The SMILES string of the molecule is CC1(C)c2ccccc2C2(c3ccccc3-c3c(-c4ccc(-c5nc(-c6ccc(C7=CC=CCC7)cc6)nc(-c6ccc7c(c6)c6ccccc6n7-c6ccccc6)n5)cc4)cccc32)c2ccccc21. The molecule has 0 N–H and O–H groups in total. The summed E-state index contributed by atoms with van der Waals surface area (Å²) in [7, 11) is 0. The highest BCUT2D eigenvalue weighted by molar-refractivity contribution is 6.10. The van der Waals surface area contributed by atoms with E-state index >= 15 is 0 Å². The molecule has 0 atom stereocenters. The summed E-state index contributed by atoms with van der Waals surface area (Å²) in [6.45, 7) is 4.76. The van der Waals surface area contributed by atoms with Crippen LogP contribution in [0.5, 0.6) is 0 Å². The lowest BCUT2D eigenvalue weighted by atomic mass is 9.55. The molecule has 0 saturated carbocycles. The van der Waals surface area contributed by atoms with Crippen LogP contribution in [0.15, 0.2) is 231 Å². The smallest absolute Gasteiger partial charge is 0.164 e. The van der Waals surface area contributed by atoms with Gasteiger partial charge < -0.3 is 4.57 Å². The van der Waals surface area contributed by atoms with Crippen molar-refractivity contribution in [1.82, 2.24) is 19.5 Å².